The van der Waals surface area contributed by atoms with Crippen LogP contribution < -0.4 is 11.1 Å². The molecule has 4 N–H and O–H groups in total. The van der Waals surface area contributed by atoms with Gasteiger partial charge in [0, 0.05) is 6.54 Å². The minimum Gasteiger partial charge on any atom is -0.481 e. The monoisotopic (exact) mass is 252 g/mol. The van der Waals surface area contributed by atoms with Crippen molar-refractivity contribution in [2.45, 2.75) is 19.3 Å². The highest BCUT2D eigenvalue weighted by Crippen LogP contribution is 2.48. The summed E-state index contributed by atoms with van der Waals surface area (Å²) >= 11 is 0. The minimum atomic E-state index is -0.853. The highest BCUT2D eigenvalue weighted by atomic mass is 16.4. The van der Waals surface area contributed by atoms with Crippen LogP contribution in [0.2, 0.25) is 0 Å². The normalized spacial score (nSPS) is 32.7. The summed E-state index contributed by atoms with van der Waals surface area (Å²) in [5.41, 5.74) is 5.38. The van der Waals surface area contributed by atoms with Crippen LogP contribution in [0.25, 0.3) is 0 Å². The molecule has 0 aromatic heterocycles. The third kappa shape index (κ3) is 2.41. The molecule has 0 saturated heterocycles. The summed E-state index contributed by atoms with van der Waals surface area (Å²) in [5, 5.41) is 12.1. The maximum absolute atomic E-state index is 12.1. The molecule has 2 aliphatic carbocycles. The van der Waals surface area contributed by atoms with Crippen molar-refractivity contribution in [3.05, 3.63) is 12.2 Å². The predicted octanol–water partition coefficient (Wildman–Crippen LogP) is 0.364. The van der Waals surface area contributed by atoms with Gasteiger partial charge in [-0.15, -0.1) is 0 Å². The number of nitrogens with one attached hydrogen (secondary N) is 1. The number of carbonyl (C=O) groups is 2. The molecule has 0 heterocycles. The molecule has 4 unspecified atom stereocenters. The molecule has 18 heavy (non-hydrogen) atoms. The van der Waals surface area contributed by atoms with E-state index in [4.69, 9.17) is 5.73 Å². The van der Waals surface area contributed by atoms with Gasteiger partial charge in [0.2, 0.25) is 5.91 Å². The Morgan fingerprint density at radius 3 is 2.50 bits per heavy atom. The van der Waals surface area contributed by atoms with Gasteiger partial charge in [-0.3, -0.25) is 9.59 Å². The second-order valence-corrected chi connectivity index (χ2v) is 5.12. The molecule has 0 radical (unpaired) electrons. The smallest absolute Gasteiger partial charge is 0.307 e. The van der Waals surface area contributed by atoms with Gasteiger partial charge in [0.25, 0.3) is 0 Å². The fourth-order valence-electron chi connectivity index (χ4n) is 3.12. The lowest BCUT2D eigenvalue weighted by Crippen LogP contribution is -2.40. The standard InChI is InChI=1S/C13H20N2O3/c14-5-1-2-6-15-12(16)10-8-3-4-9(7-8)11(10)13(17)18/h3-4,8-11H,1-2,5-7,14H2,(H,15,16)(H,17,18). The Morgan fingerprint density at radius 2 is 1.89 bits per heavy atom. The summed E-state index contributed by atoms with van der Waals surface area (Å²) in [6, 6.07) is 0. The van der Waals surface area contributed by atoms with E-state index in [1.54, 1.807) is 0 Å². The largest absolute Gasteiger partial charge is 0.481 e. The van der Waals surface area contributed by atoms with Crippen molar-refractivity contribution in [3.63, 3.8) is 0 Å². The molecule has 100 valence electrons. The Hall–Kier alpha value is -1.36. The maximum atomic E-state index is 12.1. The van der Waals surface area contributed by atoms with Gasteiger partial charge >= 0.3 is 5.97 Å². The average Bonchev–Trinajstić information content (AvgIpc) is 2.94. The van der Waals surface area contributed by atoms with E-state index in [0.717, 1.165) is 19.3 Å². The first-order valence-electron chi connectivity index (χ1n) is 6.54. The number of unbranched alkanes of at least 4 members (excludes halogenated alkanes) is 1. The van der Waals surface area contributed by atoms with E-state index >= 15 is 0 Å². The molecule has 0 aliphatic heterocycles. The van der Waals surface area contributed by atoms with Crippen molar-refractivity contribution < 1.29 is 14.7 Å². The summed E-state index contributed by atoms with van der Waals surface area (Å²) in [4.78, 5) is 23.3. The number of rotatable bonds is 6. The molecule has 5 nitrogen and oxygen atoms in total. The first kappa shape index (κ1) is 13.1. The number of fused-ring (bicyclic) bond motifs is 2. The van der Waals surface area contributed by atoms with E-state index in [1.807, 2.05) is 12.2 Å². The molecular formula is C13H20N2O3. The van der Waals surface area contributed by atoms with Crippen LogP contribution in [0, 0.1) is 23.7 Å². The third-order valence-corrected chi connectivity index (χ3v) is 3.98. The molecule has 0 spiro atoms. The second-order valence-electron chi connectivity index (χ2n) is 5.12. The fourth-order valence-corrected chi connectivity index (χ4v) is 3.12. The first-order chi connectivity index (χ1) is 8.65. The number of aliphatic carboxylic acids is 1. The van der Waals surface area contributed by atoms with Crippen LogP contribution >= 0.6 is 0 Å². The molecule has 1 saturated carbocycles. The Morgan fingerprint density at radius 1 is 1.22 bits per heavy atom. The first-order valence-corrected chi connectivity index (χ1v) is 6.54. The number of nitrogens with two attached hydrogens (primary N) is 1. The number of carbonyl (C=O) groups excluding carboxylic acids is 1. The van der Waals surface area contributed by atoms with E-state index in [0.29, 0.717) is 13.1 Å². The average molecular weight is 252 g/mol. The van der Waals surface area contributed by atoms with Gasteiger partial charge in [0.1, 0.15) is 0 Å². The Balaban J connectivity index is 1.92. The zero-order valence-electron chi connectivity index (χ0n) is 10.3. The molecule has 0 aromatic rings. The van der Waals surface area contributed by atoms with E-state index in [-0.39, 0.29) is 17.7 Å². The Labute approximate surface area is 106 Å². The maximum Gasteiger partial charge on any atom is 0.307 e. The molecule has 2 rings (SSSR count). The number of hydrogen-bond donors (Lipinski definition) is 3. The van der Waals surface area contributed by atoms with Gasteiger partial charge < -0.3 is 16.2 Å². The molecule has 5 heteroatoms. The highest BCUT2D eigenvalue weighted by Gasteiger charge is 2.51. The topological polar surface area (TPSA) is 92.4 Å². The summed E-state index contributed by atoms with van der Waals surface area (Å²) in [5.74, 6) is -1.77. The molecule has 2 bridgehead atoms. The van der Waals surface area contributed by atoms with Crippen LogP contribution in [0.4, 0.5) is 0 Å². The lowest BCUT2D eigenvalue weighted by atomic mass is 9.82. The van der Waals surface area contributed by atoms with Crippen LogP contribution in [0.5, 0.6) is 0 Å². The molecule has 2 aliphatic rings. The van der Waals surface area contributed by atoms with E-state index in [2.05, 4.69) is 5.32 Å². The number of allylic oxidation sites excluding steroid dienone is 2. The second kappa shape index (κ2) is 5.52. The summed E-state index contributed by atoms with van der Waals surface area (Å²) in [6.45, 7) is 1.20. The molecule has 0 aromatic carbocycles. The lowest BCUT2D eigenvalue weighted by molar-refractivity contribution is -0.147. The van der Waals surface area contributed by atoms with Gasteiger partial charge in [-0.1, -0.05) is 12.2 Å². The summed E-state index contributed by atoms with van der Waals surface area (Å²) < 4.78 is 0. The van der Waals surface area contributed by atoms with Crippen LogP contribution in [0.3, 0.4) is 0 Å². The van der Waals surface area contributed by atoms with Gasteiger partial charge in [0.05, 0.1) is 11.8 Å². The lowest BCUT2D eigenvalue weighted by Gasteiger charge is -2.23. The predicted molar refractivity (Wildman–Crippen MR) is 66.7 cm³/mol. The molecular weight excluding hydrogens is 232 g/mol. The summed E-state index contributed by atoms with van der Waals surface area (Å²) in [6.07, 6.45) is 6.46. The number of carboxylic acids is 1. The zero-order chi connectivity index (χ0) is 13.1. The minimum absolute atomic E-state index is 0.0345. The van der Waals surface area contributed by atoms with Gasteiger partial charge in [-0.05, 0) is 37.6 Å². The molecule has 1 amide bonds. The van der Waals surface area contributed by atoms with Gasteiger partial charge in [0.15, 0.2) is 0 Å². The van der Waals surface area contributed by atoms with Crippen molar-refractivity contribution in [1.29, 1.82) is 0 Å². The quantitative estimate of drug-likeness (QED) is 0.470. The van der Waals surface area contributed by atoms with Crippen LogP contribution in [0.1, 0.15) is 19.3 Å². The van der Waals surface area contributed by atoms with Crippen molar-refractivity contribution in [2.24, 2.45) is 29.4 Å². The Bertz CT molecular complexity index is 367. The van der Waals surface area contributed by atoms with Crippen molar-refractivity contribution in [2.75, 3.05) is 13.1 Å². The third-order valence-electron chi connectivity index (χ3n) is 3.98. The van der Waals surface area contributed by atoms with E-state index in [9.17, 15) is 14.7 Å². The Kier molecular flexibility index (Phi) is 4.01. The zero-order valence-corrected chi connectivity index (χ0v) is 10.3. The van der Waals surface area contributed by atoms with Crippen molar-refractivity contribution >= 4 is 11.9 Å². The number of amides is 1. The van der Waals surface area contributed by atoms with Crippen molar-refractivity contribution in [3.8, 4) is 0 Å². The van der Waals surface area contributed by atoms with Crippen LogP contribution in [0.15, 0.2) is 12.2 Å². The molecule has 1 fully saturated rings. The highest BCUT2D eigenvalue weighted by molar-refractivity contribution is 5.86. The van der Waals surface area contributed by atoms with E-state index < -0.39 is 17.8 Å². The fraction of sp³-hybridized carbons (Fsp3) is 0.692. The summed E-state index contributed by atoms with van der Waals surface area (Å²) in [7, 11) is 0. The number of carboxylic acid groups (broad SMARTS) is 1. The van der Waals surface area contributed by atoms with Gasteiger partial charge in [-0.25, -0.2) is 0 Å². The van der Waals surface area contributed by atoms with Gasteiger partial charge in [-0.2, -0.15) is 0 Å². The molecule has 4 atom stereocenters. The number of hydrogen-bond acceptors (Lipinski definition) is 3. The van der Waals surface area contributed by atoms with Crippen LogP contribution in [-0.4, -0.2) is 30.1 Å². The van der Waals surface area contributed by atoms with E-state index in [1.165, 1.54) is 0 Å². The SMILES string of the molecule is NCCCCNC(=O)C1C2C=CC(C2)C1C(=O)O. The van der Waals surface area contributed by atoms with Crippen LogP contribution in [-0.2, 0) is 9.59 Å². The van der Waals surface area contributed by atoms with Crippen molar-refractivity contribution in [1.82, 2.24) is 5.32 Å².